The fraction of sp³-hybridized carbons (Fsp3) is 0.769. The zero-order valence-electron chi connectivity index (χ0n) is 10.6. The van der Waals surface area contributed by atoms with Crippen LogP contribution in [0, 0.1) is 19.8 Å². The third-order valence-corrected chi connectivity index (χ3v) is 3.90. The van der Waals surface area contributed by atoms with Crippen LogP contribution in [0.1, 0.15) is 50.4 Å². The van der Waals surface area contributed by atoms with Crippen LogP contribution >= 0.6 is 0 Å². The molecular formula is C13H23N3. The van der Waals surface area contributed by atoms with Crippen LogP contribution in [0.25, 0.3) is 0 Å². The van der Waals surface area contributed by atoms with Crippen LogP contribution in [0.15, 0.2) is 0 Å². The van der Waals surface area contributed by atoms with Crippen LogP contribution in [0.3, 0.4) is 0 Å². The fourth-order valence-electron chi connectivity index (χ4n) is 2.68. The van der Waals surface area contributed by atoms with Gasteiger partial charge in [-0.1, -0.05) is 13.3 Å². The van der Waals surface area contributed by atoms with E-state index in [2.05, 4.69) is 36.3 Å². The standard InChI is InChI=1S/C13H23N3/c1-4-11-5-7-12(8-6-11)14-13-9(2)15-16-10(13)3/h11-12,14H,4-8H2,1-3H3,(H,15,16). The average Bonchev–Trinajstić information content (AvgIpc) is 2.62. The van der Waals surface area contributed by atoms with E-state index in [1.165, 1.54) is 37.8 Å². The van der Waals surface area contributed by atoms with Crippen molar-refractivity contribution < 1.29 is 0 Å². The topological polar surface area (TPSA) is 40.7 Å². The number of aryl methyl sites for hydroxylation is 2. The van der Waals surface area contributed by atoms with Gasteiger partial charge in [-0.15, -0.1) is 0 Å². The molecule has 1 aromatic heterocycles. The Hall–Kier alpha value is -0.990. The lowest BCUT2D eigenvalue weighted by Crippen LogP contribution is -2.26. The third-order valence-electron chi connectivity index (χ3n) is 3.90. The highest BCUT2D eigenvalue weighted by Crippen LogP contribution is 2.29. The Morgan fingerprint density at radius 3 is 2.44 bits per heavy atom. The predicted octanol–water partition coefficient (Wildman–Crippen LogP) is 3.41. The third kappa shape index (κ3) is 2.39. The molecule has 0 saturated heterocycles. The molecule has 0 aromatic carbocycles. The molecule has 0 spiro atoms. The first-order chi connectivity index (χ1) is 7.70. The van der Waals surface area contributed by atoms with Gasteiger partial charge in [0, 0.05) is 6.04 Å². The summed E-state index contributed by atoms with van der Waals surface area (Å²) in [5.41, 5.74) is 3.48. The molecule has 0 aliphatic heterocycles. The summed E-state index contributed by atoms with van der Waals surface area (Å²) in [4.78, 5) is 0. The number of aromatic amines is 1. The number of aromatic nitrogens is 2. The predicted molar refractivity (Wildman–Crippen MR) is 67.7 cm³/mol. The van der Waals surface area contributed by atoms with Crippen molar-refractivity contribution in [1.82, 2.24) is 10.2 Å². The van der Waals surface area contributed by atoms with E-state index in [-0.39, 0.29) is 0 Å². The van der Waals surface area contributed by atoms with Crippen molar-refractivity contribution in [2.24, 2.45) is 5.92 Å². The second-order valence-electron chi connectivity index (χ2n) is 5.08. The summed E-state index contributed by atoms with van der Waals surface area (Å²) >= 11 is 0. The first-order valence-corrected chi connectivity index (χ1v) is 6.48. The molecule has 0 radical (unpaired) electrons. The van der Waals surface area contributed by atoms with Crippen molar-refractivity contribution in [2.45, 2.75) is 58.9 Å². The van der Waals surface area contributed by atoms with Crippen molar-refractivity contribution in [3.8, 4) is 0 Å². The lowest BCUT2D eigenvalue weighted by atomic mass is 9.84. The van der Waals surface area contributed by atoms with Crippen molar-refractivity contribution in [3.05, 3.63) is 11.4 Å². The van der Waals surface area contributed by atoms with Gasteiger partial charge in [0.2, 0.25) is 0 Å². The molecule has 1 aromatic rings. The van der Waals surface area contributed by atoms with Gasteiger partial charge in [0.05, 0.1) is 17.1 Å². The van der Waals surface area contributed by atoms with Crippen LogP contribution in [-0.2, 0) is 0 Å². The van der Waals surface area contributed by atoms with E-state index in [0.717, 1.165) is 17.3 Å². The minimum absolute atomic E-state index is 0.651. The molecule has 3 heteroatoms. The lowest BCUT2D eigenvalue weighted by molar-refractivity contribution is 0.330. The summed E-state index contributed by atoms with van der Waals surface area (Å²) in [6.07, 6.45) is 6.72. The number of H-pyrrole nitrogens is 1. The van der Waals surface area contributed by atoms with Crippen LogP contribution in [0.5, 0.6) is 0 Å². The Bertz CT molecular complexity index is 315. The molecule has 1 heterocycles. The van der Waals surface area contributed by atoms with Crippen molar-refractivity contribution >= 4 is 5.69 Å². The minimum atomic E-state index is 0.651. The van der Waals surface area contributed by atoms with Crippen LogP contribution in [0.4, 0.5) is 5.69 Å². The molecule has 0 bridgehead atoms. The van der Waals surface area contributed by atoms with Gasteiger partial charge in [-0.25, -0.2) is 0 Å². The van der Waals surface area contributed by atoms with Gasteiger partial charge in [-0.3, -0.25) is 5.10 Å². The zero-order valence-corrected chi connectivity index (χ0v) is 10.6. The van der Waals surface area contributed by atoms with Gasteiger partial charge in [-0.05, 0) is 45.4 Å². The van der Waals surface area contributed by atoms with Crippen molar-refractivity contribution in [3.63, 3.8) is 0 Å². The SMILES string of the molecule is CCC1CCC(Nc2c(C)n[nH]c2C)CC1. The molecule has 1 fully saturated rings. The van der Waals surface area contributed by atoms with Crippen LogP contribution < -0.4 is 5.32 Å². The second-order valence-corrected chi connectivity index (χ2v) is 5.08. The Morgan fingerprint density at radius 2 is 1.94 bits per heavy atom. The molecule has 0 unspecified atom stereocenters. The molecule has 2 N–H and O–H groups in total. The maximum absolute atomic E-state index is 4.23. The van der Waals surface area contributed by atoms with Gasteiger partial charge in [0.25, 0.3) is 0 Å². The first kappa shape index (κ1) is 11.5. The first-order valence-electron chi connectivity index (χ1n) is 6.48. The monoisotopic (exact) mass is 221 g/mol. The summed E-state index contributed by atoms with van der Waals surface area (Å²) < 4.78 is 0. The molecule has 1 aliphatic carbocycles. The van der Waals surface area contributed by atoms with Crippen molar-refractivity contribution in [2.75, 3.05) is 5.32 Å². The minimum Gasteiger partial charge on any atom is -0.379 e. The molecule has 90 valence electrons. The Kier molecular flexibility index (Phi) is 3.52. The molecule has 3 nitrogen and oxygen atoms in total. The molecule has 2 rings (SSSR count). The summed E-state index contributed by atoms with van der Waals surface area (Å²) in [7, 11) is 0. The highest BCUT2D eigenvalue weighted by molar-refractivity contribution is 5.52. The van der Waals surface area contributed by atoms with E-state index in [9.17, 15) is 0 Å². The highest BCUT2D eigenvalue weighted by atomic mass is 15.2. The number of anilines is 1. The maximum atomic E-state index is 4.23. The van der Waals surface area contributed by atoms with Gasteiger partial charge >= 0.3 is 0 Å². The molecule has 0 atom stereocenters. The quantitative estimate of drug-likeness (QED) is 0.821. The molecule has 0 amide bonds. The zero-order chi connectivity index (χ0) is 11.5. The second kappa shape index (κ2) is 4.89. The lowest BCUT2D eigenvalue weighted by Gasteiger charge is -2.29. The van der Waals surface area contributed by atoms with Gasteiger partial charge in [0.15, 0.2) is 0 Å². The van der Waals surface area contributed by atoms with E-state index in [1.807, 2.05) is 0 Å². The van der Waals surface area contributed by atoms with Gasteiger partial charge in [-0.2, -0.15) is 5.10 Å². The van der Waals surface area contributed by atoms with E-state index in [1.54, 1.807) is 0 Å². The van der Waals surface area contributed by atoms with E-state index in [4.69, 9.17) is 0 Å². The largest absolute Gasteiger partial charge is 0.379 e. The fourth-order valence-corrected chi connectivity index (χ4v) is 2.68. The summed E-state index contributed by atoms with van der Waals surface area (Å²) in [5, 5.41) is 10.9. The Morgan fingerprint density at radius 1 is 1.25 bits per heavy atom. The van der Waals surface area contributed by atoms with E-state index in [0.29, 0.717) is 6.04 Å². The summed E-state index contributed by atoms with van der Waals surface area (Å²) in [6.45, 7) is 6.45. The normalized spacial score (nSPS) is 25.7. The highest BCUT2D eigenvalue weighted by Gasteiger charge is 2.21. The molecular weight excluding hydrogens is 198 g/mol. The van der Waals surface area contributed by atoms with Gasteiger partial charge < -0.3 is 5.32 Å². The van der Waals surface area contributed by atoms with Crippen molar-refractivity contribution in [1.29, 1.82) is 0 Å². The summed E-state index contributed by atoms with van der Waals surface area (Å²) in [6, 6.07) is 0.651. The van der Waals surface area contributed by atoms with E-state index < -0.39 is 0 Å². The van der Waals surface area contributed by atoms with Crippen LogP contribution in [-0.4, -0.2) is 16.2 Å². The summed E-state index contributed by atoms with van der Waals surface area (Å²) in [5.74, 6) is 0.963. The number of nitrogens with zero attached hydrogens (tertiary/aromatic N) is 1. The molecule has 1 aliphatic rings. The Balaban J connectivity index is 1.92. The molecule has 1 saturated carbocycles. The molecule has 16 heavy (non-hydrogen) atoms. The number of nitrogens with one attached hydrogen (secondary N) is 2. The number of hydrogen-bond acceptors (Lipinski definition) is 2. The van der Waals surface area contributed by atoms with Crippen LogP contribution in [0.2, 0.25) is 0 Å². The number of rotatable bonds is 3. The Labute approximate surface area is 98.0 Å². The van der Waals surface area contributed by atoms with Gasteiger partial charge in [0.1, 0.15) is 0 Å². The maximum Gasteiger partial charge on any atom is 0.0825 e. The average molecular weight is 221 g/mol. The van der Waals surface area contributed by atoms with E-state index >= 15 is 0 Å². The number of hydrogen-bond donors (Lipinski definition) is 2. The smallest absolute Gasteiger partial charge is 0.0825 e.